The fourth-order valence-corrected chi connectivity index (χ4v) is 7.37. The van der Waals surface area contributed by atoms with Crippen molar-refractivity contribution in [3.05, 3.63) is 170 Å². The second kappa shape index (κ2) is 61.3. The Balaban J connectivity index is 4.54. The Hall–Kier alpha value is -5.23. The van der Waals surface area contributed by atoms with Crippen LogP contribution < -0.4 is 0 Å². The lowest BCUT2D eigenvalue weighted by atomic mass is 10.1. The van der Waals surface area contributed by atoms with Crippen molar-refractivity contribution in [2.24, 2.45) is 0 Å². The molecular formula is C69H106O6. The number of hydrogen-bond acceptors (Lipinski definition) is 6. The predicted octanol–water partition coefficient (Wildman–Crippen LogP) is 20.3. The lowest BCUT2D eigenvalue weighted by Crippen LogP contribution is -2.30. The zero-order valence-electron chi connectivity index (χ0n) is 47.7. The van der Waals surface area contributed by atoms with Gasteiger partial charge in [-0.3, -0.25) is 14.4 Å². The van der Waals surface area contributed by atoms with E-state index in [0.29, 0.717) is 19.3 Å². The van der Waals surface area contributed by atoms with Gasteiger partial charge in [-0.15, -0.1) is 0 Å². The van der Waals surface area contributed by atoms with Crippen LogP contribution >= 0.6 is 0 Å². The average molecular weight is 1030 g/mol. The van der Waals surface area contributed by atoms with Crippen LogP contribution in [0.1, 0.15) is 226 Å². The molecule has 0 aliphatic heterocycles. The summed E-state index contributed by atoms with van der Waals surface area (Å²) in [6.45, 7) is 6.21. The Morgan fingerprint density at radius 3 is 0.787 bits per heavy atom. The normalized spacial score (nSPS) is 13.4. The molecule has 0 spiro atoms. The summed E-state index contributed by atoms with van der Waals surface area (Å²) < 4.78 is 16.8. The molecule has 0 N–H and O–H groups in total. The summed E-state index contributed by atoms with van der Waals surface area (Å²) in [5.41, 5.74) is 0. The maximum absolute atomic E-state index is 12.9. The molecular weight excluding hydrogens is 925 g/mol. The highest BCUT2D eigenvalue weighted by molar-refractivity contribution is 5.71. The maximum atomic E-state index is 12.9. The second-order valence-corrected chi connectivity index (χ2v) is 18.8. The minimum atomic E-state index is -0.828. The van der Waals surface area contributed by atoms with E-state index < -0.39 is 6.10 Å². The molecule has 0 radical (unpaired) electrons. The number of hydrogen-bond donors (Lipinski definition) is 0. The summed E-state index contributed by atoms with van der Waals surface area (Å²) in [6.07, 6.45) is 90.6. The van der Waals surface area contributed by atoms with Gasteiger partial charge in [0.25, 0.3) is 0 Å². The van der Waals surface area contributed by atoms with Gasteiger partial charge < -0.3 is 14.2 Å². The molecule has 0 aliphatic rings. The van der Waals surface area contributed by atoms with Crippen molar-refractivity contribution in [3.63, 3.8) is 0 Å². The fraction of sp³-hybridized carbons (Fsp3) is 0.551. The van der Waals surface area contributed by atoms with Crippen LogP contribution in [0, 0.1) is 0 Å². The van der Waals surface area contributed by atoms with Gasteiger partial charge in [-0.25, -0.2) is 0 Å². The quantitative estimate of drug-likeness (QED) is 0.0261. The van der Waals surface area contributed by atoms with Gasteiger partial charge in [-0.05, 0) is 148 Å². The average Bonchev–Trinajstić information content (AvgIpc) is 3.41. The number of unbranched alkanes of at least 4 members (excludes halogenated alkanes) is 12. The summed E-state index contributed by atoms with van der Waals surface area (Å²) in [7, 11) is 0. The van der Waals surface area contributed by atoms with E-state index in [1.54, 1.807) is 0 Å². The Kier molecular flexibility index (Phi) is 57.0. The van der Waals surface area contributed by atoms with Gasteiger partial charge in [-0.1, -0.05) is 229 Å². The molecule has 0 saturated carbocycles. The molecule has 0 aliphatic carbocycles. The summed E-state index contributed by atoms with van der Waals surface area (Å²) in [5, 5.41) is 0. The molecule has 0 aromatic heterocycles. The third-order valence-corrected chi connectivity index (χ3v) is 11.7. The highest BCUT2D eigenvalue weighted by Crippen LogP contribution is 2.13. The molecule has 1 unspecified atom stereocenters. The number of allylic oxidation sites excluding steroid dienone is 28. The molecule has 0 bridgehead atoms. The van der Waals surface area contributed by atoms with E-state index in [1.165, 1.54) is 19.3 Å². The monoisotopic (exact) mass is 1030 g/mol. The largest absolute Gasteiger partial charge is 0.462 e. The molecule has 1 atom stereocenters. The van der Waals surface area contributed by atoms with Gasteiger partial charge in [0, 0.05) is 19.3 Å². The van der Waals surface area contributed by atoms with E-state index in [-0.39, 0.29) is 44.0 Å². The van der Waals surface area contributed by atoms with Crippen molar-refractivity contribution < 1.29 is 28.6 Å². The molecule has 0 fully saturated rings. The van der Waals surface area contributed by atoms with Crippen LogP contribution in [-0.2, 0) is 28.6 Å². The van der Waals surface area contributed by atoms with Crippen molar-refractivity contribution in [1.29, 1.82) is 0 Å². The van der Waals surface area contributed by atoms with Gasteiger partial charge in [-0.2, -0.15) is 0 Å². The lowest BCUT2D eigenvalue weighted by molar-refractivity contribution is -0.167. The van der Waals surface area contributed by atoms with E-state index in [9.17, 15) is 14.4 Å². The number of ether oxygens (including phenoxy) is 3. The van der Waals surface area contributed by atoms with Crippen LogP contribution in [0.15, 0.2) is 170 Å². The fourth-order valence-electron chi connectivity index (χ4n) is 7.37. The first-order valence-electron chi connectivity index (χ1n) is 29.6. The predicted molar refractivity (Wildman–Crippen MR) is 325 cm³/mol. The number of esters is 3. The first kappa shape index (κ1) is 69.8. The van der Waals surface area contributed by atoms with Crippen molar-refractivity contribution in [1.82, 2.24) is 0 Å². The number of rotatable bonds is 51. The van der Waals surface area contributed by atoms with Crippen molar-refractivity contribution >= 4 is 17.9 Å². The Labute approximate surface area is 460 Å². The Morgan fingerprint density at radius 2 is 0.480 bits per heavy atom. The number of carbonyl (C=O) groups excluding carboxylic acids is 3. The van der Waals surface area contributed by atoms with Gasteiger partial charge in [0.2, 0.25) is 0 Å². The van der Waals surface area contributed by atoms with Crippen molar-refractivity contribution in [2.75, 3.05) is 13.2 Å². The topological polar surface area (TPSA) is 78.9 Å². The lowest BCUT2D eigenvalue weighted by Gasteiger charge is -2.18. The maximum Gasteiger partial charge on any atom is 0.306 e. The molecule has 6 nitrogen and oxygen atoms in total. The first-order valence-corrected chi connectivity index (χ1v) is 29.6. The van der Waals surface area contributed by atoms with Gasteiger partial charge in [0.15, 0.2) is 6.10 Å². The van der Waals surface area contributed by atoms with Gasteiger partial charge in [0.1, 0.15) is 13.2 Å². The van der Waals surface area contributed by atoms with Crippen molar-refractivity contribution in [3.8, 4) is 0 Å². The zero-order valence-corrected chi connectivity index (χ0v) is 47.7. The second-order valence-electron chi connectivity index (χ2n) is 18.8. The first-order chi connectivity index (χ1) is 37.0. The van der Waals surface area contributed by atoms with Crippen molar-refractivity contribution in [2.45, 2.75) is 232 Å². The van der Waals surface area contributed by atoms with Gasteiger partial charge >= 0.3 is 17.9 Å². The standard InChI is InChI=1S/C69H106O6/c1-4-7-10-13-16-19-22-25-28-30-32-33-34-35-37-38-41-44-47-50-53-56-59-62-68(71)74-65-66(64-73-67(70)61-58-55-52-49-46-43-40-27-24-21-18-15-12-9-6-3)75-69(72)63-60-57-54-51-48-45-42-39-36-31-29-26-23-20-17-14-11-8-5-2/h7-12,16-21,25-29,32-33,35-37,39-40,45-46,48-49,66H,4-6,13-15,22-24,30-31,34,38,41-44,47,50-65H2,1-3H3/b10-7-,11-8-,12-9-,19-16-,20-17-,21-18-,28-25-,29-26-,33-32-,37-35-,39-36-,40-27-,48-45-,49-46-. The highest BCUT2D eigenvalue weighted by atomic mass is 16.6. The Bertz CT molecular complexity index is 1750. The summed E-state index contributed by atoms with van der Waals surface area (Å²) in [5.74, 6) is -1.01. The molecule has 6 heteroatoms. The Morgan fingerprint density at radius 1 is 0.267 bits per heavy atom. The smallest absolute Gasteiger partial charge is 0.306 e. The molecule has 75 heavy (non-hydrogen) atoms. The van der Waals surface area contributed by atoms with Crippen LogP contribution in [0.2, 0.25) is 0 Å². The van der Waals surface area contributed by atoms with Crippen LogP contribution in [0.3, 0.4) is 0 Å². The third kappa shape index (κ3) is 59.5. The minimum absolute atomic E-state index is 0.119. The zero-order chi connectivity index (χ0) is 54.3. The summed E-state index contributed by atoms with van der Waals surface area (Å²) in [4.78, 5) is 38.2. The third-order valence-electron chi connectivity index (χ3n) is 11.7. The molecule has 0 rings (SSSR count). The van der Waals surface area contributed by atoms with E-state index in [0.717, 1.165) is 154 Å². The van der Waals surface area contributed by atoms with E-state index >= 15 is 0 Å². The number of carbonyl (C=O) groups is 3. The summed E-state index contributed by atoms with van der Waals surface area (Å²) >= 11 is 0. The minimum Gasteiger partial charge on any atom is -0.462 e. The summed E-state index contributed by atoms with van der Waals surface area (Å²) in [6, 6.07) is 0. The SMILES string of the molecule is CC/C=C\C/C=C\C/C=C\C/C=C\C/C=C\CCCCCCCCCC(=O)OCC(COC(=O)CCCC/C=C\C/C=C\C/C=C\C/C=C\CC)OC(=O)CCCCC/C=C\C/C=C\C/C=C\C/C=C\C/C=C\CC. The highest BCUT2D eigenvalue weighted by Gasteiger charge is 2.19. The van der Waals surface area contributed by atoms with Gasteiger partial charge in [0.05, 0.1) is 0 Å². The molecule has 0 amide bonds. The van der Waals surface area contributed by atoms with E-state index in [1.807, 2.05) is 0 Å². The van der Waals surface area contributed by atoms with E-state index in [4.69, 9.17) is 14.2 Å². The molecule has 0 aromatic carbocycles. The van der Waals surface area contributed by atoms with Crippen LogP contribution in [0.25, 0.3) is 0 Å². The van der Waals surface area contributed by atoms with E-state index in [2.05, 4.69) is 191 Å². The van der Waals surface area contributed by atoms with Crippen LogP contribution in [0.4, 0.5) is 0 Å². The molecule has 0 heterocycles. The molecule has 0 aromatic rings. The van der Waals surface area contributed by atoms with Crippen LogP contribution in [0.5, 0.6) is 0 Å². The molecule has 0 saturated heterocycles. The molecule has 418 valence electrons. The van der Waals surface area contributed by atoms with Crippen LogP contribution in [-0.4, -0.2) is 37.2 Å².